The highest BCUT2D eigenvalue weighted by Gasteiger charge is 2.31. The minimum atomic E-state index is 0.273. The Morgan fingerprint density at radius 2 is 2.17 bits per heavy atom. The lowest BCUT2D eigenvalue weighted by molar-refractivity contribution is -0.119. The number of allylic oxidation sites excluding steroid dienone is 1. The summed E-state index contributed by atoms with van der Waals surface area (Å²) < 4.78 is 0. The van der Waals surface area contributed by atoms with E-state index in [4.69, 9.17) is 0 Å². The lowest BCUT2D eigenvalue weighted by Gasteiger charge is -2.22. The molecule has 2 aliphatic rings. The van der Waals surface area contributed by atoms with Crippen molar-refractivity contribution in [1.29, 1.82) is 0 Å². The second-order valence-corrected chi connectivity index (χ2v) is 3.90. The van der Waals surface area contributed by atoms with E-state index in [0.29, 0.717) is 5.78 Å². The summed E-state index contributed by atoms with van der Waals surface area (Å²) in [6, 6.07) is 0. The van der Waals surface area contributed by atoms with Crippen molar-refractivity contribution in [2.45, 2.75) is 26.2 Å². The number of hydrogen-bond donors (Lipinski definition) is 0. The minimum absolute atomic E-state index is 0.273. The van der Waals surface area contributed by atoms with Crippen LogP contribution in [0, 0.1) is 5.92 Å². The van der Waals surface area contributed by atoms with E-state index in [1.807, 2.05) is 6.92 Å². The summed E-state index contributed by atoms with van der Waals surface area (Å²) in [5.74, 6) is 0.677. The Kier molecular flexibility index (Phi) is 1.71. The number of rotatable bonds is 0. The van der Waals surface area contributed by atoms with Gasteiger partial charge < -0.3 is 4.90 Å². The van der Waals surface area contributed by atoms with Crippen LogP contribution < -0.4 is 0 Å². The average molecular weight is 165 g/mol. The maximum atomic E-state index is 11.7. The lowest BCUT2D eigenvalue weighted by Crippen LogP contribution is -2.21. The fourth-order valence-electron chi connectivity index (χ4n) is 2.18. The summed E-state index contributed by atoms with van der Waals surface area (Å²) in [6.07, 6.45) is 3.13. The molecule has 0 radical (unpaired) electrons. The molecule has 1 atom stereocenters. The van der Waals surface area contributed by atoms with Crippen molar-refractivity contribution in [3.63, 3.8) is 0 Å². The molecule has 0 spiro atoms. The van der Waals surface area contributed by atoms with E-state index in [-0.39, 0.29) is 5.92 Å². The number of carbonyl (C=O) groups excluding carboxylic acids is 1. The molecule has 0 fully saturated rings. The summed E-state index contributed by atoms with van der Waals surface area (Å²) in [7, 11) is 2.09. The van der Waals surface area contributed by atoms with Gasteiger partial charge in [-0.05, 0) is 19.3 Å². The Bertz CT molecular complexity index is 255. The molecule has 2 heteroatoms. The lowest BCUT2D eigenvalue weighted by atomic mass is 9.87. The normalized spacial score (nSPS) is 29.7. The third-order valence-corrected chi connectivity index (χ3v) is 3.07. The van der Waals surface area contributed by atoms with Crippen molar-refractivity contribution in [2.24, 2.45) is 5.92 Å². The molecule has 0 aromatic heterocycles. The van der Waals surface area contributed by atoms with Gasteiger partial charge in [0, 0.05) is 30.8 Å². The van der Waals surface area contributed by atoms with Crippen LogP contribution in [0.5, 0.6) is 0 Å². The largest absolute Gasteiger partial charge is 0.377 e. The zero-order valence-corrected chi connectivity index (χ0v) is 7.76. The fraction of sp³-hybridized carbons (Fsp3) is 0.700. The van der Waals surface area contributed by atoms with Gasteiger partial charge in [-0.25, -0.2) is 0 Å². The van der Waals surface area contributed by atoms with E-state index in [0.717, 1.165) is 31.4 Å². The molecular weight excluding hydrogens is 150 g/mol. The van der Waals surface area contributed by atoms with Crippen LogP contribution in [0.3, 0.4) is 0 Å². The van der Waals surface area contributed by atoms with E-state index in [9.17, 15) is 4.79 Å². The molecule has 66 valence electrons. The Labute approximate surface area is 73.2 Å². The molecule has 1 aliphatic carbocycles. The third-order valence-electron chi connectivity index (χ3n) is 3.07. The molecule has 0 aromatic carbocycles. The van der Waals surface area contributed by atoms with Crippen LogP contribution in [-0.4, -0.2) is 24.3 Å². The predicted octanol–water partition coefficient (Wildman–Crippen LogP) is 1.58. The Morgan fingerprint density at radius 3 is 2.92 bits per heavy atom. The minimum Gasteiger partial charge on any atom is -0.377 e. The first-order chi connectivity index (χ1) is 5.70. The zero-order chi connectivity index (χ0) is 8.72. The van der Waals surface area contributed by atoms with Gasteiger partial charge in [-0.1, -0.05) is 6.92 Å². The number of nitrogens with zero attached hydrogens (tertiary/aromatic N) is 1. The summed E-state index contributed by atoms with van der Waals surface area (Å²) >= 11 is 0. The first-order valence-electron chi connectivity index (χ1n) is 4.67. The smallest absolute Gasteiger partial charge is 0.163 e. The van der Waals surface area contributed by atoms with Crippen molar-refractivity contribution in [1.82, 2.24) is 4.90 Å². The average Bonchev–Trinajstić information content (AvgIpc) is 2.41. The number of hydrogen-bond acceptors (Lipinski definition) is 2. The second-order valence-electron chi connectivity index (χ2n) is 3.90. The van der Waals surface area contributed by atoms with Crippen LogP contribution in [0.25, 0.3) is 0 Å². The highest BCUT2D eigenvalue weighted by atomic mass is 16.1. The van der Waals surface area contributed by atoms with Crippen molar-refractivity contribution < 1.29 is 4.79 Å². The fourth-order valence-corrected chi connectivity index (χ4v) is 2.18. The maximum Gasteiger partial charge on any atom is 0.163 e. The number of carbonyl (C=O) groups is 1. The topological polar surface area (TPSA) is 20.3 Å². The van der Waals surface area contributed by atoms with E-state index in [2.05, 4.69) is 11.9 Å². The van der Waals surface area contributed by atoms with E-state index >= 15 is 0 Å². The number of Topliss-reactive ketones (excluding diaryl/α,β-unsaturated/α-hetero) is 1. The molecule has 2 nitrogen and oxygen atoms in total. The SMILES string of the molecule is CC1CCC2=C(CCN2C)C1=O. The second kappa shape index (κ2) is 2.61. The zero-order valence-electron chi connectivity index (χ0n) is 7.76. The molecule has 1 heterocycles. The van der Waals surface area contributed by atoms with Gasteiger partial charge in [-0.3, -0.25) is 4.79 Å². The first-order valence-corrected chi connectivity index (χ1v) is 4.67. The molecule has 0 aromatic rings. The Morgan fingerprint density at radius 1 is 1.42 bits per heavy atom. The monoisotopic (exact) mass is 165 g/mol. The summed E-state index contributed by atoms with van der Waals surface area (Å²) in [5, 5.41) is 0. The molecule has 0 saturated heterocycles. The van der Waals surface area contributed by atoms with Crippen molar-refractivity contribution >= 4 is 5.78 Å². The summed E-state index contributed by atoms with van der Waals surface area (Å²) in [6.45, 7) is 3.09. The van der Waals surface area contributed by atoms with Crippen molar-refractivity contribution in [3.8, 4) is 0 Å². The van der Waals surface area contributed by atoms with Crippen molar-refractivity contribution in [2.75, 3.05) is 13.6 Å². The quantitative estimate of drug-likeness (QED) is 0.543. The van der Waals surface area contributed by atoms with Gasteiger partial charge in [0.25, 0.3) is 0 Å². The van der Waals surface area contributed by atoms with E-state index in [1.54, 1.807) is 0 Å². The maximum absolute atomic E-state index is 11.7. The molecule has 2 rings (SSSR count). The first kappa shape index (κ1) is 7.84. The van der Waals surface area contributed by atoms with Gasteiger partial charge >= 0.3 is 0 Å². The highest BCUT2D eigenvalue weighted by molar-refractivity contribution is 5.98. The summed E-state index contributed by atoms with van der Waals surface area (Å²) in [5.41, 5.74) is 2.44. The van der Waals surface area contributed by atoms with Crippen LogP contribution in [0.15, 0.2) is 11.3 Å². The van der Waals surface area contributed by atoms with Crippen LogP contribution in [0.1, 0.15) is 26.2 Å². The van der Waals surface area contributed by atoms with Gasteiger partial charge in [0.2, 0.25) is 0 Å². The molecular formula is C10H15NO. The van der Waals surface area contributed by atoms with Gasteiger partial charge in [-0.15, -0.1) is 0 Å². The standard InChI is InChI=1S/C10H15NO/c1-7-3-4-9-8(10(7)12)5-6-11(9)2/h7H,3-6H2,1-2H3. The van der Waals surface area contributed by atoms with Gasteiger partial charge in [0.1, 0.15) is 0 Å². The van der Waals surface area contributed by atoms with Crippen LogP contribution in [-0.2, 0) is 4.79 Å². The van der Waals surface area contributed by atoms with E-state index < -0.39 is 0 Å². The molecule has 1 aliphatic heterocycles. The highest BCUT2D eigenvalue weighted by Crippen LogP contribution is 2.33. The molecule has 1 unspecified atom stereocenters. The predicted molar refractivity (Wildman–Crippen MR) is 47.7 cm³/mol. The molecule has 0 bridgehead atoms. The van der Waals surface area contributed by atoms with Crippen LogP contribution in [0.4, 0.5) is 0 Å². The summed E-state index contributed by atoms with van der Waals surface area (Å²) in [4.78, 5) is 13.9. The molecule has 0 N–H and O–H groups in total. The Hall–Kier alpha value is -0.790. The van der Waals surface area contributed by atoms with Crippen LogP contribution in [0.2, 0.25) is 0 Å². The molecule has 0 amide bonds. The third kappa shape index (κ3) is 0.977. The molecule has 12 heavy (non-hydrogen) atoms. The van der Waals surface area contributed by atoms with Gasteiger partial charge in [0.15, 0.2) is 5.78 Å². The van der Waals surface area contributed by atoms with Gasteiger partial charge in [-0.2, -0.15) is 0 Å². The van der Waals surface area contributed by atoms with Gasteiger partial charge in [0.05, 0.1) is 0 Å². The van der Waals surface area contributed by atoms with Crippen molar-refractivity contribution in [3.05, 3.63) is 11.3 Å². The Balaban J connectivity index is 2.32. The van der Waals surface area contributed by atoms with E-state index in [1.165, 1.54) is 5.70 Å². The molecule has 0 saturated carbocycles. The van der Waals surface area contributed by atoms with Crippen LogP contribution >= 0.6 is 0 Å². The number of ketones is 1.